The lowest BCUT2D eigenvalue weighted by Gasteiger charge is -2.18. The fourth-order valence-electron chi connectivity index (χ4n) is 2.03. The van der Waals surface area contributed by atoms with Crippen LogP contribution in [0.15, 0.2) is 23.4 Å². The van der Waals surface area contributed by atoms with Crippen LogP contribution < -0.4 is 0 Å². The maximum absolute atomic E-state index is 11.8. The second-order valence-corrected chi connectivity index (χ2v) is 4.79. The van der Waals surface area contributed by atoms with Crippen LogP contribution in [-0.2, 0) is 11.3 Å². The van der Waals surface area contributed by atoms with E-state index in [1.165, 1.54) is 0 Å². The van der Waals surface area contributed by atoms with E-state index in [-0.39, 0.29) is 19.1 Å². The van der Waals surface area contributed by atoms with Crippen molar-refractivity contribution in [1.29, 1.82) is 0 Å². The van der Waals surface area contributed by atoms with Crippen LogP contribution in [0.4, 0.5) is 4.79 Å². The van der Waals surface area contributed by atoms with Gasteiger partial charge in [-0.3, -0.25) is 0 Å². The molecule has 0 unspecified atom stereocenters. The minimum absolute atomic E-state index is 0.0431. The predicted octanol–water partition coefficient (Wildman–Crippen LogP) is 1.56. The van der Waals surface area contributed by atoms with Crippen molar-refractivity contribution < 1.29 is 14.6 Å². The highest BCUT2D eigenvalue weighted by Gasteiger charge is 2.35. The quantitative estimate of drug-likeness (QED) is 0.472. The average molecular weight is 328 g/mol. The van der Waals surface area contributed by atoms with E-state index in [0.29, 0.717) is 18.2 Å². The first-order chi connectivity index (χ1) is 10.5. The molecule has 1 aliphatic rings. The Bertz CT molecular complexity index is 592. The van der Waals surface area contributed by atoms with Crippen LogP contribution in [0.1, 0.15) is 12.5 Å². The Morgan fingerprint density at radius 3 is 2.91 bits per heavy atom. The van der Waals surface area contributed by atoms with E-state index < -0.39 is 11.1 Å². The highest BCUT2D eigenvalue weighted by Crippen LogP contribution is 2.15. The topological polar surface area (TPSA) is 101 Å². The Labute approximate surface area is 131 Å². The zero-order valence-corrected chi connectivity index (χ0v) is 12.6. The molecule has 1 aromatic rings. The Hall–Kier alpha value is -2.42. The number of aromatic nitrogens is 1. The van der Waals surface area contributed by atoms with Crippen molar-refractivity contribution in [3.63, 3.8) is 0 Å². The molecular formula is C12H14ClN5O4. The number of hydrogen-bond donors (Lipinski definition) is 0. The average Bonchev–Trinajstić information content (AvgIpc) is 2.84. The van der Waals surface area contributed by atoms with E-state index in [9.17, 15) is 14.9 Å². The van der Waals surface area contributed by atoms with Crippen LogP contribution >= 0.6 is 11.6 Å². The lowest BCUT2D eigenvalue weighted by atomic mass is 10.3. The number of amides is 1. The normalized spacial score (nSPS) is 16.2. The van der Waals surface area contributed by atoms with Crippen molar-refractivity contribution >= 4 is 23.7 Å². The molecule has 1 fully saturated rings. The van der Waals surface area contributed by atoms with Crippen molar-refractivity contribution in [3.8, 4) is 0 Å². The molecular weight excluding hydrogens is 314 g/mol. The maximum atomic E-state index is 11.8. The van der Waals surface area contributed by atoms with E-state index >= 15 is 0 Å². The number of hydrazone groups is 1. The summed E-state index contributed by atoms with van der Waals surface area (Å²) >= 11 is 5.72. The summed E-state index contributed by atoms with van der Waals surface area (Å²) in [4.78, 5) is 29.2. The van der Waals surface area contributed by atoms with Crippen LogP contribution in [0.25, 0.3) is 0 Å². The summed E-state index contributed by atoms with van der Waals surface area (Å²) in [6.45, 7) is 2.85. The van der Waals surface area contributed by atoms with E-state index in [4.69, 9.17) is 16.3 Å². The van der Waals surface area contributed by atoms with Crippen molar-refractivity contribution in [1.82, 2.24) is 14.8 Å². The van der Waals surface area contributed by atoms with E-state index in [2.05, 4.69) is 10.1 Å². The minimum Gasteiger partial charge on any atom is -0.449 e. The Kier molecular flexibility index (Phi) is 5.10. The summed E-state index contributed by atoms with van der Waals surface area (Å²) in [6, 6.07) is 3.38. The first-order valence-electron chi connectivity index (χ1n) is 6.54. The molecule has 2 heterocycles. The third-order valence-corrected chi connectivity index (χ3v) is 3.16. The molecule has 2 rings (SSSR count). The van der Waals surface area contributed by atoms with Gasteiger partial charge >= 0.3 is 6.09 Å². The largest absolute Gasteiger partial charge is 0.449 e. The summed E-state index contributed by atoms with van der Waals surface area (Å²) in [6.07, 6.45) is 0.916. The molecule has 0 spiro atoms. The molecule has 0 atom stereocenters. The number of carbonyl (C=O) groups excluding carboxylic acids is 1. The molecule has 0 aromatic carbocycles. The van der Waals surface area contributed by atoms with Crippen LogP contribution in [0.2, 0.25) is 5.15 Å². The van der Waals surface area contributed by atoms with Crippen molar-refractivity contribution in [2.75, 3.05) is 19.7 Å². The molecule has 1 saturated heterocycles. The molecule has 22 heavy (non-hydrogen) atoms. The Morgan fingerprint density at radius 2 is 2.32 bits per heavy atom. The highest BCUT2D eigenvalue weighted by atomic mass is 35.5. The fourth-order valence-corrected chi connectivity index (χ4v) is 2.14. The van der Waals surface area contributed by atoms with Crippen molar-refractivity contribution in [2.24, 2.45) is 5.10 Å². The first-order valence-corrected chi connectivity index (χ1v) is 6.91. The third-order valence-electron chi connectivity index (χ3n) is 2.94. The van der Waals surface area contributed by atoms with E-state index in [0.717, 1.165) is 10.5 Å². The van der Waals surface area contributed by atoms with E-state index in [1.807, 2.05) is 0 Å². The van der Waals surface area contributed by atoms with Crippen LogP contribution in [-0.4, -0.2) is 51.6 Å². The van der Waals surface area contributed by atoms with Gasteiger partial charge in [-0.05, 0) is 18.6 Å². The summed E-state index contributed by atoms with van der Waals surface area (Å²) in [5.74, 6) is -0.0431. The van der Waals surface area contributed by atoms with Gasteiger partial charge in [0.1, 0.15) is 10.3 Å². The summed E-state index contributed by atoms with van der Waals surface area (Å²) in [7, 11) is 0. The van der Waals surface area contributed by atoms with Gasteiger partial charge < -0.3 is 9.64 Å². The molecule has 10 heteroatoms. The van der Waals surface area contributed by atoms with Crippen LogP contribution in [0, 0.1) is 10.1 Å². The predicted molar refractivity (Wildman–Crippen MR) is 77.8 cm³/mol. The number of nitrogens with zero attached hydrogens (tertiary/aromatic N) is 5. The summed E-state index contributed by atoms with van der Waals surface area (Å²) in [5, 5.41) is 13.5. The molecule has 118 valence electrons. The molecule has 9 nitrogen and oxygen atoms in total. The van der Waals surface area contributed by atoms with Gasteiger partial charge in [0, 0.05) is 19.3 Å². The molecule has 0 saturated carbocycles. The first kappa shape index (κ1) is 16.0. The summed E-state index contributed by atoms with van der Waals surface area (Å²) in [5.41, 5.74) is 0.797. The minimum atomic E-state index is -0.833. The highest BCUT2D eigenvalue weighted by molar-refractivity contribution is 6.29. The monoisotopic (exact) mass is 327 g/mol. The lowest BCUT2D eigenvalue weighted by molar-refractivity contribution is -0.486. The SMILES string of the molecule is CCOC(=O)N1CCN(Cc2ccc(Cl)nc2)C1=N[N+](=O)[O-]. The standard InChI is InChI=1S/C12H14ClN5O4/c1-2-22-12(19)17-6-5-16(11(17)15-18(20)21)8-9-3-4-10(13)14-7-9/h3-4,7H,2,5-6,8H2,1H3. The second kappa shape index (κ2) is 7.03. The van der Waals surface area contributed by atoms with Gasteiger partial charge in [-0.1, -0.05) is 17.7 Å². The van der Waals surface area contributed by atoms with Gasteiger partial charge in [-0.15, -0.1) is 0 Å². The van der Waals surface area contributed by atoms with Gasteiger partial charge in [0.2, 0.25) is 0 Å². The number of pyridine rings is 1. The molecule has 0 N–H and O–H groups in total. The van der Waals surface area contributed by atoms with Gasteiger partial charge in [0.05, 0.1) is 13.2 Å². The number of nitro groups is 1. The number of hydrogen-bond acceptors (Lipinski definition) is 5. The van der Waals surface area contributed by atoms with E-state index in [1.54, 1.807) is 30.2 Å². The van der Waals surface area contributed by atoms with Gasteiger partial charge in [0.25, 0.3) is 5.96 Å². The van der Waals surface area contributed by atoms with Gasteiger partial charge in [0.15, 0.2) is 5.03 Å². The maximum Gasteiger partial charge on any atom is 0.416 e. The molecule has 1 aliphatic heterocycles. The fraction of sp³-hybridized carbons (Fsp3) is 0.417. The van der Waals surface area contributed by atoms with Crippen LogP contribution in [0.5, 0.6) is 0 Å². The molecule has 0 radical (unpaired) electrons. The number of carbonyl (C=O) groups is 1. The molecule has 0 bridgehead atoms. The smallest absolute Gasteiger partial charge is 0.416 e. The number of rotatable bonds is 4. The Morgan fingerprint density at radius 1 is 1.55 bits per heavy atom. The molecule has 0 aliphatic carbocycles. The van der Waals surface area contributed by atoms with Crippen molar-refractivity contribution in [3.05, 3.63) is 39.2 Å². The second-order valence-electron chi connectivity index (χ2n) is 4.40. The summed E-state index contributed by atoms with van der Waals surface area (Å²) < 4.78 is 4.88. The molecule has 1 amide bonds. The van der Waals surface area contributed by atoms with Gasteiger partial charge in [-0.2, -0.15) is 0 Å². The van der Waals surface area contributed by atoms with Crippen LogP contribution in [0.3, 0.4) is 0 Å². The Balaban J connectivity index is 2.18. The number of ether oxygens (including phenoxy) is 1. The van der Waals surface area contributed by atoms with Crippen molar-refractivity contribution in [2.45, 2.75) is 13.5 Å². The number of guanidine groups is 1. The third kappa shape index (κ3) is 3.82. The van der Waals surface area contributed by atoms with Gasteiger partial charge in [-0.25, -0.2) is 24.8 Å². The number of halogens is 1. The molecule has 1 aromatic heterocycles. The zero-order chi connectivity index (χ0) is 16.1. The lowest BCUT2D eigenvalue weighted by Crippen LogP contribution is -2.38. The zero-order valence-electron chi connectivity index (χ0n) is 11.8.